The average molecular weight is 246 g/mol. The molecule has 94 valence electrons. The molecule has 1 heterocycles. The lowest BCUT2D eigenvalue weighted by Gasteiger charge is -2.03. The summed E-state index contributed by atoms with van der Waals surface area (Å²) in [5, 5.41) is 7.60. The van der Waals surface area contributed by atoms with Crippen LogP contribution >= 0.6 is 0 Å². The summed E-state index contributed by atoms with van der Waals surface area (Å²) < 4.78 is 6.31. The van der Waals surface area contributed by atoms with Gasteiger partial charge in [-0.3, -0.25) is 0 Å². The molecule has 6 nitrogen and oxygen atoms in total. The number of carbonyl (C=O) groups is 1. The molecule has 0 fully saturated rings. The second-order valence-electron chi connectivity index (χ2n) is 3.69. The molecule has 0 bridgehead atoms. The van der Waals surface area contributed by atoms with E-state index in [4.69, 9.17) is 10.5 Å². The van der Waals surface area contributed by atoms with Gasteiger partial charge in [0.2, 0.25) is 5.69 Å². The maximum Gasteiger partial charge on any atom is 0.362 e. The van der Waals surface area contributed by atoms with Gasteiger partial charge in [-0.15, -0.1) is 5.10 Å². The number of aromatic nitrogens is 3. The first-order valence-corrected chi connectivity index (χ1v) is 5.62. The lowest BCUT2D eigenvalue weighted by Crippen LogP contribution is -2.10. The highest BCUT2D eigenvalue weighted by molar-refractivity contribution is 5.91. The SMILES string of the molecule is CCOC(=O)c1nnn(Cc2ccccc2)c1N. The van der Waals surface area contributed by atoms with E-state index in [2.05, 4.69) is 10.3 Å². The van der Waals surface area contributed by atoms with Crippen molar-refractivity contribution in [3.05, 3.63) is 41.6 Å². The zero-order valence-electron chi connectivity index (χ0n) is 10.0. The molecule has 18 heavy (non-hydrogen) atoms. The van der Waals surface area contributed by atoms with Gasteiger partial charge in [0.05, 0.1) is 13.2 Å². The first kappa shape index (κ1) is 12.1. The summed E-state index contributed by atoms with van der Waals surface area (Å²) in [5.41, 5.74) is 6.91. The van der Waals surface area contributed by atoms with E-state index in [1.54, 1.807) is 6.92 Å². The zero-order chi connectivity index (χ0) is 13.0. The number of hydrogen-bond donors (Lipinski definition) is 1. The van der Waals surface area contributed by atoms with Gasteiger partial charge in [0, 0.05) is 0 Å². The molecule has 0 saturated carbocycles. The Balaban J connectivity index is 2.18. The summed E-state index contributed by atoms with van der Waals surface area (Å²) in [6.45, 7) is 2.48. The number of ether oxygens (including phenoxy) is 1. The van der Waals surface area contributed by atoms with Crippen molar-refractivity contribution in [1.82, 2.24) is 15.0 Å². The molecule has 2 aromatic rings. The fraction of sp³-hybridized carbons (Fsp3) is 0.250. The van der Waals surface area contributed by atoms with Crippen LogP contribution in [0.25, 0.3) is 0 Å². The van der Waals surface area contributed by atoms with Crippen molar-refractivity contribution in [1.29, 1.82) is 0 Å². The average Bonchev–Trinajstić information content (AvgIpc) is 2.73. The minimum atomic E-state index is -0.547. The topological polar surface area (TPSA) is 83.0 Å². The van der Waals surface area contributed by atoms with Crippen LogP contribution in [0.3, 0.4) is 0 Å². The van der Waals surface area contributed by atoms with Crippen LogP contribution < -0.4 is 5.73 Å². The Morgan fingerprint density at radius 1 is 1.39 bits per heavy atom. The van der Waals surface area contributed by atoms with Crippen LogP contribution in [0.15, 0.2) is 30.3 Å². The second-order valence-corrected chi connectivity index (χ2v) is 3.69. The fourth-order valence-electron chi connectivity index (χ4n) is 1.54. The van der Waals surface area contributed by atoms with Gasteiger partial charge in [-0.05, 0) is 12.5 Å². The van der Waals surface area contributed by atoms with E-state index in [9.17, 15) is 4.79 Å². The number of nitrogen functional groups attached to an aromatic ring is 1. The summed E-state index contributed by atoms with van der Waals surface area (Å²) in [7, 11) is 0. The van der Waals surface area contributed by atoms with Gasteiger partial charge >= 0.3 is 5.97 Å². The lowest BCUT2D eigenvalue weighted by atomic mass is 10.2. The van der Waals surface area contributed by atoms with E-state index >= 15 is 0 Å². The van der Waals surface area contributed by atoms with Crippen LogP contribution in [0.4, 0.5) is 5.82 Å². The van der Waals surface area contributed by atoms with Crippen LogP contribution in [0.2, 0.25) is 0 Å². The van der Waals surface area contributed by atoms with Crippen molar-refractivity contribution in [2.45, 2.75) is 13.5 Å². The van der Waals surface area contributed by atoms with E-state index in [1.807, 2.05) is 30.3 Å². The fourth-order valence-corrected chi connectivity index (χ4v) is 1.54. The zero-order valence-corrected chi connectivity index (χ0v) is 10.0. The lowest BCUT2D eigenvalue weighted by molar-refractivity contribution is 0.0520. The molecule has 0 aliphatic heterocycles. The van der Waals surface area contributed by atoms with Crippen molar-refractivity contribution >= 4 is 11.8 Å². The molecule has 0 amide bonds. The van der Waals surface area contributed by atoms with Crippen molar-refractivity contribution in [3.63, 3.8) is 0 Å². The van der Waals surface area contributed by atoms with Crippen LogP contribution in [0.1, 0.15) is 23.0 Å². The molecule has 0 unspecified atom stereocenters. The molecule has 1 aromatic carbocycles. The number of benzene rings is 1. The summed E-state index contributed by atoms with van der Waals surface area (Å²) in [6, 6.07) is 9.68. The minimum Gasteiger partial charge on any atom is -0.461 e. The van der Waals surface area contributed by atoms with Gasteiger partial charge in [0.15, 0.2) is 5.82 Å². The molecular formula is C12H14N4O2. The highest BCUT2D eigenvalue weighted by Crippen LogP contribution is 2.11. The van der Waals surface area contributed by atoms with Gasteiger partial charge in [-0.1, -0.05) is 35.5 Å². The Morgan fingerprint density at radius 2 is 2.11 bits per heavy atom. The Kier molecular flexibility index (Phi) is 3.57. The van der Waals surface area contributed by atoms with Crippen molar-refractivity contribution < 1.29 is 9.53 Å². The number of hydrogen-bond acceptors (Lipinski definition) is 5. The van der Waals surface area contributed by atoms with Gasteiger partial charge in [-0.2, -0.15) is 0 Å². The predicted octanol–water partition coefficient (Wildman–Crippen LogP) is 1.09. The molecule has 0 aliphatic rings. The standard InChI is InChI=1S/C12H14N4O2/c1-2-18-12(17)10-11(13)16(15-14-10)8-9-6-4-3-5-7-9/h3-7H,2,8,13H2,1H3. The van der Waals surface area contributed by atoms with Gasteiger partial charge in [-0.25, -0.2) is 9.48 Å². The Hall–Kier alpha value is -2.37. The Morgan fingerprint density at radius 3 is 2.78 bits per heavy atom. The molecule has 0 saturated heterocycles. The summed E-state index contributed by atoms with van der Waals surface area (Å²) >= 11 is 0. The maximum absolute atomic E-state index is 11.5. The van der Waals surface area contributed by atoms with Crippen molar-refractivity contribution in [2.24, 2.45) is 0 Å². The van der Waals surface area contributed by atoms with E-state index in [0.717, 1.165) is 5.56 Å². The smallest absolute Gasteiger partial charge is 0.362 e. The number of carbonyl (C=O) groups excluding carboxylic acids is 1. The number of esters is 1. The highest BCUT2D eigenvalue weighted by atomic mass is 16.5. The van der Waals surface area contributed by atoms with Gasteiger partial charge < -0.3 is 10.5 Å². The van der Waals surface area contributed by atoms with E-state index in [-0.39, 0.29) is 18.1 Å². The van der Waals surface area contributed by atoms with E-state index in [1.165, 1.54) is 4.68 Å². The van der Waals surface area contributed by atoms with Crippen LogP contribution in [0.5, 0.6) is 0 Å². The normalized spacial score (nSPS) is 10.3. The van der Waals surface area contributed by atoms with E-state index < -0.39 is 5.97 Å². The molecular weight excluding hydrogens is 232 g/mol. The minimum absolute atomic E-state index is 0.0628. The Bertz CT molecular complexity index is 536. The summed E-state index contributed by atoms with van der Waals surface area (Å²) in [5.74, 6) is -0.327. The summed E-state index contributed by atoms with van der Waals surface area (Å²) in [6.07, 6.45) is 0. The van der Waals surface area contributed by atoms with Gasteiger partial charge in [0.1, 0.15) is 0 Å². The molecule has 2 N–H and O–H groups in total. The maximum atomic E-state index is 11.5. The van der Waals surface area contributed by atoms with Crippen LogP contribution in [-0.4, -0.2) is 27.6 Å². The van der Waals surface area contributed by atoms with Crippen molar-refractivity contribution in [2.75, 3.05) is 12.3 Å². The molecule has 1 aromatic heterocycles. The molecule has 2 rings (SSSR count). The monoisotopic (exact) mass is 246 g/mol. The molecule has 6 heteroatoms. The molecule has 0 atom stereocenters. The molecule has 0 aliphatic carbocycles. The highest BCUT2D eigenvalue weighted by Gasteiger charge is 2.18. The first-order chi connectivity index (χ1) is 8.72. The van der Waals surface area contributed by atoms with Gasteiger partial charge in [0.25, 0.3) is 0 Å². The third-order valence-electron chi connectivity index (χ3n) is 2.42. The van der Waals surface area contributed by atoms with Crippen LogP contribution in [0, 0.1) is 0 Å². The number of anilines is 1. The number of nitrogens with two attached hydrogens (primary N) is 1. The molecule has 0 spiro atoms. The van der Waals surface area contributed by atoms with Crippen LogP contribution in [-0.2, 0) is 11.3 Å². The third-order valence-corrected chi connectivity index (χ3v) is 2.42. The van der Waals surface area contributed by atoms with Crippen molar-refractivity contribution in [3.8, 4) is 0 Å². The predicted molar refractivity (Wildman–Crippen MR) is 65.9 cm³/mol. The molecule has 0 radical (unpaired) electrons. The quantitative estimate of drug-likeness (QED) is 0.816. The van der Waals surface area contributed by atoms with E-state index in [0.29, 0.717) is 6.54 Å². The number of nitrogens with zero attached hydrogens (tertiary/aromatic N) is 3. The largest absolute Gasteiger partial charge is 0.461 e. The first-order valence-electron chi connectivity index (χ1n) is 5.62. The second kappa shape index (κ2) is 5.31. The number of rotatable bonds is 4. The summed E-state index contributed by atoms with van der Waals surface area (Å²) in [4.78, 5) is 11.5. The third kappa shape index (κ3) is 2.48. The Labute approximate surface area is 104 Å².